The fourth-order valence-electron chi connectivity index (χ4n) is 3.13. The van der Waals surface area contributed by atoms with Gasteiger partial charge in [-0.15, -0.1) is 11.3 Å². The maximum atomic E-state index is 12.7. The summed E-state index contributed by atoms with van der Waals surface area (Å²) < 4.78 is 5.46. The van der Waals surface area contributed by atoms with E-state index in [1.54, 1.807) is 30.3 Å². The van der Waals surface area contributed by atoms with Crippen molar-refractivity contribution in [3.8, 4) is 0 Å². The van der Waals surface area contributed by atoms with Gasteiger partial charge in [-0.2, -0.15) is 0 Å². The molecule has 0 spiro atoms. The summed E-state index contributed by atoms with van der Waals surface area (Å²) in [6.07, 6.45) is 0.623. The largest absolute Gasteiger partial charge is 0.462 e. The molecule has 138 valence electrons. The van der Waals surface area contributed by atoms with Crippen LogP contribution < -0.4 is 0 Å². The lowest BCUT2D eigenvalue weighted by Crippen LogP contribution is -2.13. The van der Waals surface area contributed by atoms with Crippen LogP contribution in [-0.2, 0) is 11.2 Å². The smallest absolute Gasteiger partial charge is 0.338 e. The molecule has 3 aromatic carbocycles. The van der Waals surface area contributed by atoms with Crippen LogP contribution in [-0.4, -0.2) is 18.4 Å². The molecule has 4 heteroatoms. The molecule has 4 aromatic rings. The Labute approximate surface area is 167 Å². The van der Waals surface area contributed by atoms with Gasteiger partial charge in [0.1, 0.15) is 0 Å². The second kappa shape index (κ2) is 8.19. The number of fused-ring (bicyclic) bond motifs is 1. The van der Waals surface area contributed by atoms with E-state index >= 15 is 0 Å². The van der Waals surface area contributed by atoms with E-state index in [2.05, 4.69) is 24.3 Å². The molecule has 1 aromatic heterocycles. The number of benzene rings is 3. The minimum atomic E-state index is -0.471. The summed E-state index contributed by atoms with van der Waals surface area (Å²) in [5.41, 5.74) is 1.79. The topological polar surface area (TPSA) is 43.4 Å². The molecule has 0 saturated heterocycles. The Morgan fingerprint density at radius 2 is 1.54 bits per heavy atom. The molecule has 0 aliphatic carbocycles. The van der Waals surface area contributed by atoms with Gasteiger partial charge in [-0.05, 0) is 33.8 Å². The second-order valence-corrected chi connectivity index (χ2v) is 7.37. The third-order valence-corrected chi connectivity index (χ3v) is 5.44. The Morgan fingerprint density at radius 1 is 0.786 bits per heavy atom. The highest BCUT2D eigenvalue weighted by atomic mass is 32.1. The first-order valence-corrected chi connectivity index (χ1v) is 9.92. The first-order valence-electron chi connectivity index (χ1n) is 9.04. The summed E-state index contributed by atoms with van der Waals surface area (Å²) >= 11 is 1.36. The maximum Gasteiger partial charge on any atom is 0.338 e. The highest BCUT2D eigenvalue weighted by molar-refractivity contribution is 7.12. The zero-order chi connectivity index (χ0) is 19.3. The Morgan fingerprint density at radius 3 is 2.32 bits per heavy atom. The van der Waals surface area contributed by atoms with Crippen LogP contribution in [0.15, 0.2) is 84.2 Å². The van der Waals surface area contributed by atoms with Gasteiger partial charge in [0.15, 0.2) is 0 Å². The molecule has 0 unspecified atom stereocenters. The molecule has 28 heavy (non-hydrogen) atoms. The zero-order valence-electron chi connectivity index (χ0n) is 15.1. The van der Waals surface area contributed by atoms with E-state index in [1.165, 1.54) is 22.1 Å². The average Bonchev–Trinajstić information content (AvgIpc) is 3.28. The molecular weight excluding hydrogens is 368 g/mol. The molecule has 0 aliphatic heterocycles. The van der Waals surface area contributed by atoms with Crippen molar-refractivity contribution in [3.05, 3.63) is 106 Å². The van der Waals surface area contributed by atoms with Crippen LogP contribution in [0.2, 0.25) is 0 Å². The second-order valence-electron chi connectivity index (χ2n) is 6.42. The van der Waals surface area contributed by atoms with E-state index in [0.717, 1.165) is 5.56 Å². The molecule has 0 radical (unpaired) electrons. The monoisotopic (exact) mass is 386 g/mol. The fourth-order valence-corrected chi connectivity index (χ4v) is 3.81. The molecule has 0 aliphatic rings. The fraction of sp³-hybridized carbons (Fsp3) is 0.0833. The summed E-state index contributed by atoms with van der Waals surface area (Å²) in [5.74, 6) is -0.627. The Bertz CT molecular complexity index is 1130. The first-order chi connectivity index (χ1) is 13.7. The Kier molecular flexibility index (Phi) is 5.31. The van der Waals surface area contributed by atoms with Crippen molar-refractivity contribution in [2.24, 2.45) is 0 Å². The maximum absolute atomic E-state index is 12.7. The summed E-state index contributed by atoms with van der Waals surface area (Å²) in [6.45, 7) is 0.263. The van der Waals surface area contributed by atoms with Crippen molar-refractivity contribution in [3.63, 3.8) is 0 Å². The van der Waals surface area contributed by atoms with E-state index in [1.807, 2.05) is 29.6 Å². The highest BCUT2D eigenvalue weighted by Gasteiger charge is 2.19. The van der Waals surface area contributed by atoms with Crippen molar-refractivity contribution in [1.29, 1.82) is 0 Å². The van der Waals surface area contributed by atoms with E-state index in [0.29, 0.717) is 22.4 Å². The van der Waals surface area contributed by atoms with Crippen molar-refractivity contribution >= 4 is 33.9 Å². The zero-order valence-corrected chi connectivity index (χ0v) is 15.9. The van der Waals surface area contributed by atoms with Gasteiger partial charge < -0.3 is 4.74 Å². The number of ether oxygens (including phenoxy) is 1. The molecule has 0 bridgehead atoms. The lowest BCUT2D eigenvalue weighted by Gasteiger charge is -2.09. The van der Waals surface area contributed by atoms with Gasteiger partial charge in [0.2, 0.25) is 5.78 Å². The summed E-state index contributed by atoms with van der Waals surface area (Å²) in [4.78, 5) is 25.8. The highest BCUT2D eigenvalue weighted by Crippen LogP contribution is 2.20. The van der Waals surface area contributed by atoms with Gasteiger partial charge in [0.05, 0.1) is 17.0 Å². The van der Waals surface area contributed by atoms with E-state index in [-0.39, 0.29) is 12.4 Å². The molecular formula is C24H18O3S. The van der Waals surface area contributed by atoms with Gasteiger partial charge in [-0.1, -0.05) is 66.7 Å². The number of esters is 1. The van der Waals surface area contributed by atoms with Gasteiger partial charge in [-0.3, -0.25) is 4.79 Å². The Hall–Kier alpha value is -3.24. The predicted molar refractivity (Wildman–Crippen MR) is 112 cm³/mol. The molecule has 4 rings (SSSR count). The number of thiophene rings is 1. The van der Waals surface area contributed by atoms with Crippen LogP contribution in [0.1, 0.15) is 31.2 Å². The molecule has 3 nitrogen and oxygen atoms in total. The number of carbonyl (C=O) groups excluding carboxylic acids is 2. The molecule has 0 N–H and O–H groups in total. The number of carbonyl (C=O) groups is 2. The van der Waals surface area contributed by atoms with Crippen LogP contribution in [0.5, 0.6) is 0 Å². The van der Waals surface area contributed by atoms with Crippen LogP contribution in [0.3, 0.4) is 0 Å². The average molecular weight is 386 g/mol. The van der Waals surface area contributed by atoms with Crippen molar-refractivity contribution < 1.29 is 14.3 Å². The van der Waals surface area contributed by atoms with Crippen LogP contribution in [0, 0.1) is 0 Å². The number of rotatable bonds is 6. The summed E-state index contributed by atoms with van der Waals surface area (Å²) in [5, 5.41) is 4.19. The number of hydrogen-bond donors (Lipinski definition) is 0. The Balaban J connectivity index is 1.44. The minimum absolute atomic E-state index is 0.155. The molecule has 0 atom stereocenters. The van der Waals surface area contributed by atoms with Crippen molar-refractivity contribution in [1.82, 2.24) is 0 Å². The van der Waals surface area contributed by atoms with E-state index < -0.39 is 5.97 Å². The van der Waals surface area contributed by atoms with Crippen LogP contribution in [0.4, 0.5) is 0 Å². The van der Waals surface area contributed by atoms with E-state index in [4.69, 9.17) is 4.74 Å². The lowest BCUT2D eigenvalue weighted by molar-refractivity contribution is 0.0506. The third kappa shape index (κ3) is 3.87. The van der Waals surface area contributed by atoms with Gasteiger partial charge in [-0.25, -0.2) is 4.79 Å². The predicted octanol–water partition coefficient (Wildman–Crippen LogP) is 5.53. The first kappa shape index (κ1) is 18.1. The summed E-state index contributed by atoms with van der Waals surface area (Å²) in [7, 11) is 0. The molecule has 0 fully saturated rings. The summed E-state index contributed by atoms with van der Waals surface area (Å²) in [6, 6.07) is 24.8. The van der Waals surface area contributed by atoms with Gasteiger partial charge >= 0.3 is 5.97 Å². The van der Waals surface area contributed by atoms with Crippen LogP contribution in [0.25, 0.3) is 10.8 Å². The van der Waals surface area contributed by atoms with E-state index in [9.17, 15) is 9.59 Å². The number of hydrogen-bond acceptors (Lipinski definition) is 4. The third-order valence-electron chi connectivity index (χ3n) is 4.57. The van der Waals surface area contributed by atoms with Gasteiger partial charge in [0, 0.05) is 12.0 Å². The molecule has 1 heterocycles. The quantitative estimate of drug-likeness (QED) is 0.323. The SMILES string of the molecule is O=C(OCCc1ccc2ccccc2c1)c1ccccc1C(=O)c1cccs1. The number of ketones is 1. The standard InChI is InChI=1S/C24H18O3S/c25-23(22-10-5-15-28-22)20-8-3-4-9-21(20)24(26)27-14-13-17-11-12-18-6-1-2-7-19(18)16-17/h1-12,15-16H,13-14H2. The minimum Gasteiger partial charge on any atom is -0.462 e. The van der Waals surface area contributed by atoms with Crippen LogP contribution >= 0.6 is 11.3 Å². The van der Waals surface area contributed by atoms with Crippen molar-refractivity contribution in [2.75, 3.05) is 6.61 Å². The lowest BCUT2D eigenvalue weighted by atomic mass is 10.0. The van der Waals surface area contributed by atoms with Crippen molar-refractivity contribution in [2.45, 2.75) is 6.42 Å². The normalized spacial score (nSPS) is 10.7. The molecule has 0 amide bonds. The van der Waals surface area contributed by atoms with Gasteiger partial charge in [0.25, 0.3) is 0 Å². The molecule has 0 saturated carbocycles.